The number of amides is 1. The zero-order chi connectivity index (χ0) is 16.9. The fraction of sp³-hybridized carbons (Fsp3) is 0.316. The van der Waals surface area contributed by atoms with Crippen molar-refractivity contribution in [2.75, 3.05) is 13.2 Å². The van der Waals surface area contributed by atoms with Crippen LogP contribution in [0.1, 0.15) is 36.7 Å². The lowest BCUT2D eigenvalue weighted by atomic mass is 9.87. The van der Waals surface area contributed by atoms with Crippen LogP contribution in [0.4, 0.5) is 0 Å². The first-order chi connectivity index (χ1) is 10.9. The Balaban J connectivity index is 1.78. The molecule has 0 aromatic heterocycles. The molecule has 0 heterocycles. The Morgan fingerprint density at radius 2 is 1.83 bits per heavy atom. The number of carbonyl (C=O) groups is 1. The minimum absolute atomic E-state index is 0.0991. The van der Waals surface area contributed by atoms with Crippen molar-refractivity contribution < 1.29 is 9.53 Å². The van der Waals surface area contributed by atoms with E-state index in [0.29, 0.717) is 18.7 Å². The van der Waals surface area contributed by atoms with E-state index in [4.69, 9.17) is 4.74 Å². The maximum absolute atomic E-state index is 12.0. The van der Waals surface area contributed by atoms with Crippen molar-refractivity contribution in [1.82, 2.24) is 5.32 Å². The van der Waals surface area contributed by atoms with Gasteiger partial charge >= 0.3 is 0 Å². The van der Waals surface area contributed by atoms with Crippen LogP contribution in [0.3, 0.4) is 0 Å². The van der Waals surface area contributed by atoms with E-state index in [-0.39, 0.29) is 11.3 Å². The minimum atomic E-state index is -0.0991. The molecular formula is C19H22BrNO2. The van der Waals surface area contributed by atoms with E-state index < -0.39 is 0 Å². The van der Waals surface area contributed by atoms with Crippen molar-refractivity contribution in [1.29, 1.82) is 0 Å². The summed E-state index contributed by atoms with van der Waals surface area (Å²) in [6, 6.07) is 15.4. The van der Waals surface area contributed by atoms with Crippen molar-refractivity contribution in [3.05, 3.63) is 64.1 Å². The lowest BCUT2D eigenvalue weighted by Crippen LogP contribution is -2.28. The Kier molecular flexibility index (Phi) is 5.83. The molecule has 0 fully saturated rings. The van der Waals surface area contributed by atoms with Gasteiger partial charge in [-0.05, 0) is 41.3 Å². The molecule has 2 aromatic carbocycles. The highest BCUT2D eigenvalue weighted by molar-refractivity contribution is 9.10. The first-order valence-electron chi connectivity index (χ1n) is 7.63. The highest BCUT2D eigenvalue weighted by Crippen LogP contribution is 2.24. The Labute approximate surface area is 146 Å². The highest BCUT2D eigenvalue weighted by Gasteiger charge is 2.12. The van der Waals surface area contributed by atoms with E-state index >= 15 is 0 Å². The van der Waals surface area contributed by atoms with Crippen molar-refractivity contribution in [2.24, 2.45) is 0 Å². The van der Waals surface area contributed by atoms with Gasteiger partial charge in [0.05, 0.1) is 6.54 Å². The largest absolute Gasteiger partial charge is 0.492 e. The van der Waals surface area contributed by atoms with Gasteiger partial charge in [-0.25, -0.2) is 0 Å². The number of nitrogens with one attached hydrogen (secondary N) is 1. The van der Waals surface area contributed by atoms with E-state index in [2.05, 4.69) is 54.2 Å². The summed E-state index contributed by atoms with van der Waals surface area (Å²) in [7, 11) is 0. The van der Waals surface area contributed by atoms with E-state index in [0.717, 1.165) is 10.2 Å². The first-order valence-corrected chi connectivity index (χ1v) is 8.43. The second-order valence-electron chi connectivity index (χ2n) is 6.39. The number of carbonyl (C=O) groups excluding carboxylic acids is 1. The molecule has 2 aromatic rings. The van der Waals surface area contributed by atoms with Crippen LogP contribution in [0.5, 0.6) is 5.75 Å². The molecule has 3 nitrogen and oxygen atoms in total. The number of ether oxygens (including phenoxy) is 1. The zero-order valence-corrected chi connectivity index (χ0v) is 15.3. The molecule has 0 bridgehead atoms. The van der Waals surface area contributed by atoms with Crippen molar-refractivity contribution in [3.63, 3.8) is 0 Å². The summed E-state index contributed by atoms with van der Waals surface area (Å²) in [4.78, 5) is 12.0. The molecule has 2 rings (SSSR count). The zero-order valence-electron chi connectivity index (χ0n) is 13.7. The Morgan fingerprint density at radius 1 is 1.13 bits per heavy atom. The summed E-state index contributed by atoms with van der Waals surface area (Å²) in [5.74, 6) is 0.715. The van der Waals surface area contributed by atoms with Crippen molar-refractivity contribution >= 4 is 21.8 Å². The molecule has 1 N–H and O–H groups in total. The van der Waals surface area contributed by atoms with Crippen LogP contribution in [0, 0.1) is 0 Å². The number of benzene rings is 2. The highest BCUT2D eigenvalue weighted by atomic mass is 79.9. The molecule has 122 valence electrons. The quantitative estimate of drug-likeness (QED) is 0.778. The molecule has 4 heteroatoms. The third kappa shape index (κ3) is 5.39. The monoisotopic (exact) mass is 375 g/mol. The predicted octanol–water partition coefficient (Wildman–Crippen LogP) is 4.56. The second-order valence-corrected chi connectivity index (χ2v) is 7.30. The van der Waals surface area contributed by atoms with Crippen LogP contribution in [0.2, 0.25) is 0 Å². The predicted molar refractivity (Wildman–Crippen MR) is 97.1 cm³/mol. The molecule has 0 saturated carbocycles. The van der Waals surface area contributed by atoms with Crippen molar-refractivity contribution in [3.8, 4) is 5.75 Å². The minimum Gasteiger partial charge on any atom is -0.492 e. The summed E-state index contributed by atoms with van der Waals surface area (Å²) in [6.07, 6.45) is 0. The third-order valence-corrected chi connectivity index (χ3v) is 3.96. The lowest BCUT2D eigenvalue weighted by Gasteiger charge is -2.19. The van der Waals surface area contributed by atoms with Crippen LogP contribution in [0.15, 0.2) is 53.0 Å². The molecule has 0 aliphatic rings. The van der Waals surface area contributed by atoms with Gasteiger partial charge in [-0.2, -0.15) is 0 Å². The molecule has 0 radical (unpaired) electrons. The Morgan fingerprint density at radius 3 is 2.43 bits per heavy atom. The number of rotatable bonds is 5. The fourth-order valence-electron chi connectivity index (χ4n) is 2.12. The summed E-state index contributed by atoms with van der Waals surface area (Å²) < 4.78 is 6.55. The topological polar surface area (TPSA) is 38.3 Å². The van der Waals surface area contributed by atoms with E-state index in [1.54, 1.807) is 12.1 Å². The number of hydrogen-bond acceptors (Lipinski definition) is 2. The van der Waals surface area contributed by atoms with Gasteiger partial charge in [0.2, 0.25) is 0 Å². The van der Waals surface area contributed by atoms with Gasteiger partial charge in [0.15, 0.2) is 0 Å². The molecule has 23 heavy (non-hydrogen) atoms. The van der Waals surface area contributed by atoms with Crippen LogP contribution >= 0.6 is 15.9 Å². The first kappa shape index (κ1) is 17.5. The average Bonchev–Trinajstić information content (AvgIpc) is 2.51. The maximum atomic E-state index is 12.0. The fourth-order valence-corrected chi connectivity index (χ4v) is 2.52. The molecule has 0 aliphatic carbocycles. The second kappa shape index (κ2) is 7.64. The molecule has 1 amide bonds. The van der Waals surface area contributed by atoms with Gasteiger partial charge in [-0.15, -0.1) is 0 Å². The lowest BCUT2D eigenvalue weighted by molar-refractivity contribution is 0.0947. The van der Waals surface area contributed by atoms with E-state index in [1.165, 1.54) is 5.56 Å². The Bertz CT molecular complexity index is 660. The van der Waals surface area contributed by atoms with Gasteiger partial charge in [0.1, 0.15) is 12.4 Å². The van der Waals surface area contributed by atoms with Crippen LogP contribution < -0.4 is 10.1 Å². The number of hydrogen-bond donors (Lipinski definition) is 1. The summed E-state index contributed by atoms with van der Waals surface area (Å²) >= 11 is 3.36. The normalized spacial score (nSPS) is 11.1. The van der Waals surface area contributed by atoms with Gasteiger partial charge in [-0.3, -0.25) is 4.79 Å². The third-order valence-electron chi connectivity index (χ3n) is 3.46. The summed E-state index contributed by atoms with van der Waals surface area (Å²) in [5.41, 5.74) is 2.04. The molecule has 0 unspecified atom stereocenters. The van der Waals surface area contributed by atoms with Gasteiger partial charge in [-0.1, -0.05) is 54.9 Å². The van der Waals surface area contributed by atoms with E-state index in [1.807, 2.05) is 24.3 Å². The summed E-state index contributed by atoms with van der Waals surface area (Å²) in [6.45, 7) is 7.45. The average molecular weight is 376 g/mol. The molecule has 0 saturated heterocycles. The smallest absolute Gasteiger partial charge is 0.251 e. The van der Waals surface area contributed by atoms with Gasteiger partial charge in [0, 0.05) is 10.0 Å². The van der Waals surface area contributed by atoms with Gasteiger partial charge in [0.25, 0.3) is 5.91 Å². The van der Waals surface area contributed by atoms with Gasteiger partial charge < -0.3 is 10.1 Å². The standard InChI is InChI=1S/C19H22BrNO2/c1-19(2,3)15-7-9-17(10-8-15)23-12-11-21-18(22)14-5-4-6-16(20)13-14/h4-10,13H,11-12H2,1-3H3,(H,21,22). The number of halogens is 1. The summed E-state index contributed by atoms with van der Waals surface area (Å²) in [5, 5.41) is 2.85. The van der Waals surface area contributed by atoms with Crippen molar-refractivity contribution in [2.45, 2.75) is 26.2 Å². The van der Waals surface area contributed by atoms with Crippen LogP contribution in [-0.4, -0.2) is 19.1 Å². The molecule has 0 atom stereocenters. The van der Waals surface area contributed by atoms with Crippen LogP contribution in [-0.2, 0) is 5.41 Å². The van der Waals surface area contributed by atoms with Crippen LogP contribution in [0.25, 0.3) is 0 Å². The SMILES string of the molecule is CC(C)(C)c1ccc(OCCNC(=O)c2cccc(Br)c2)cc1. The molecular weight excluding hydrogens is 354 g/mol. The molecule has 0 aliphatic heterocycles. The Hall–Kier alpha value is -1.81. The van der Waals surface area contributed by atoms with E-state index in [9.17, 15) is 4.79 Å². The molecule has 0 spiro atoms. The maximum Gasteiger partial charge on any atom is 0.251 e.